The zero-order valence-corrected chi connectivity index (χ0v) is 17.4. The molecule has 0 radical (unpaired) electrons. The number of benzene rings is 1. The highest BCUT2D eigenvalue weighted by Crippen LogP contribution is 2.37. The Kier molecular flexibility index (Phi) is 5.60. The summed E-state index contributed by atoms with van der Waals surface area (Å²) in [6.07, 6.45) is 4.39. The van der Waals surface area contributed by atoms with Crippen molar-refractivity contribution in [3.05, 3.63) is 35.5 Å². The van der Waals surface area contributed by atoms with E-state index < -0.39 is 6.61 Å². The Hall–Kier alpha value is -2.74. The maximum absolute atomic E-state index is 12.5. The standard InChI is InChI=1S/C22H26F2N4O2/c1-4-27-7-5-6-15(12-27)28-11-14(3)17-10-18(25-26-21(17)28)20-13(2)8-16(9-19(20)29)30-22(23)24/h8-11,15,22,29H,4-7,12H2,1-3H3/t15-/m1/s1. The molecule has 1 aliphatic heterocycles. The normalized spacial score (nSPS) is 17.7. The molecule has 0 bridgehead atoms. The van der Waals surface area contributed by atoms with Crippen molar-refractivity contribution in [2.24, 2.45) is 0 Å². The Labute approximate surface area is 174 Å². The predicted octanol–water partition coefficient (Wildman–Crippen LogP) is 4.68. The van der Waals surface area contributed by atoms with E-state index in [9.17, 15) is 13.9 Å². The number of aryl methyl sites for hydroxylation is 2. The Morgan fingerprint density at radius 2 is 2.00 bits per heavy atom. The summed E-state index contributed by atoms with van der Waals surface area (Å²) in [7, 11) is 0. The van der Waals surface area contributed by atoms with Crippen LogP contribution in [0.3, 0.4) is 0 Å². The van der Waals surface area contributed by atoms with Gasteiger partial charge in [0.25, 0.3) is 0 Å². The van der Waals surface area contributed by atoms with Gasteiger partial charge in [-0.2, -0.15) is 8.78 Å². The van der Waals surface area contributed by atoms with Crippen LogP contribution >= 0.6 is 0 Å². The Balaban J connectivity index is 1.72. The second-order valence-corrected chi connectivity index (χ2v) is 7.89. The molecule has 2 aromatic heterocycles. The van der Waals surface area contributed by atoms with Crippen LogP contribution in [0.2, 0.25) is 0 Å². The highest BCUT2D eigenvalue weighted by Gasteiger charge is 2.23. The summed E-state index contributed by atoms with van der Waals surface area (Å²) >= 11 is 0. The molecular weight excluding hydrogens is 390 g/mol. The van der Waals surface area contributed by atoms with Gasteiger partial charge in [0, 0.05) is 35.8 Å². The molecule has 4 rings (SSSR count). The van der Waals surface area contributed by atoms with Crippen LogP contribution in [-0.2, 0) is 0 Å². The van der Waals surface area contributed by atoms with Crippen molar-refractivity contribution in [1.29, 1.82) is 0 Å². The first kappa shape index (κ1) is 20.5. The van der Waals surface area contributed by atoms with Gasteiger partial charge in [-0.05, 0) is 63.0 Å². The molecule has 3 aromatic rings. The number of likely N-dealkylation sites (N-methyl/N-ethyl adjacent to an activating group) is 1. The average Bonchev–Trinajstić information content (AvgIpc) is 3.03. The first-order valence-electron chi connectivity index (χ1n) is 10.2. The minimum Gasteiger partial charge on any atom is -0.507 e. The molecule has 1 saturated heterocycles. The topological polar surface area (TPSA) is 63.4 Å². The molecule has 1 N–H and O–H groups in total. The summed E-state index contributed by atoms with van der Waals surface area (Å²) in [6.45, 7) is 6.15. The number of nitrogens with zero attached hydrogens (tertiary/aromatic N) is 4. The van der Waals surface area contributed by atoms with E-state index in [4.69, 9.17) is 0 Å². The molecular formula is C22H26F2N4O2. The van der Waals surface area contributed by atoms with E-state index in [0.29, 0.717) is 22.9 Å². The van der Waals surface area contributed by atoms with Crippen LogP contribution < -0.4 is 4.74 Å². The Bertz CT molecular complexity index is 1040. The zero-order valence-electron chi connectivity index (χ0n) is 17.4. The lowest BCUT2D eigenvalue weighted by Gasteiger charge is -2.32. The van der Waals surface area contributed by atoms with Gasteiger partial charge in [-0.3, -0.25) is 0 Å². The first-order chi connectivity index (χ1) is 14.4. The van der Waals surface area contributed by atoms with Crippen LogP contribution in [0, 0.1) is 13.8 Å². The molecule has 0 spiro atoms. The molecule has 6 nitrogen and oxygen atoms in total. The molecule has 1 aliphatic rings. The van der Waals surface area contributed by atoms with Crippen molar-refractivity contribution in [2.75, 3.05) is 19.6 Å². The van der Waals surface area contributed by atoms with E-state index in [1.54, 1.807) is 6.92 Å². The molecule has 0 aliphatic carbocycles. The van der Waals surface area contributed by atoms with E-state index in [2.05, 4.69) is 37.5 Å². The number of ether oxygens (including phenoxy) is 1. The van der Waals surface area contributed by atoms with Crippen LogP contribution in [0.5, 0.6) is 11.5 Å². The summed E-state index contributed by atoms with van der Waals surface area (Å²) in [6, 6.07) is 4.91. The predicted molar refractivity (Wildman–Crippen MR) is 111 cm³/mol. The second kappa shape index (κ2) is 8.18. The fraction of sp³-hybridized carbons (Fsp3) is 0.455. The minimum absolute atomic E-state index is 0.0853. The molecule has 0 amide bonds. The summed E-state index contributed by atoms with van der Waals surface area (Å²) in [5.74, 6) is -0.250. The van der Waals surface area contributed by atoms with Crippen LogP contribution in [0.15, 0.2) is 24.4 Å². The van der Waals surface area contributed by atoms with E-state index in [1.807, 2.05) is 13.0 Å². The highest BCUT2D eigenvalue weighted by atomic mass is 19.3. The van der Waals surface area contributed by atoms with Crippen LogP contribution in [0.4, 0.5) is 8.78 Å². The fourth-order valence-corrected chi connectivity index (χ4v) is 4.39. The number of aromatic hydroxyl groups is 1. The number of fused-ring (bicyclic) bond motifs is 1. The molecule has 30 heavy (non-hydrogen) atoms. The maximum atomic E-state index is 12.5. The van der Waals surface area contributed by atoms with Crippen molar-refractivity contribution in [1.82, 2.24) is 19.7 Å². The molecule has 3 heterocycles. The van der Waals surface area contributed by atoms with Gasteiger partial charge in [-0.25, -0.2) is 0 Å². The van der Waals surface area contributed by atoms with Crippen molar-refractivity contribution in [3.8, 4) is 22.8 Å². The van der Waals surface area contributed by atoms with Crippen LogP contribution in [-0.4, -0.2) is 51.0 Å². The summed E-state index contributed by atoms with van der Waals surface area (Å²) < 4.78 is 31.6. The number of likely N-dealkylation sites (tertiary alicyclic amines) is 1. The van der Waals surface area contributed by atoms with Crippen LogP contribution in [0.1, 0.15) is 36.9 Å². The van der Waals surface area contributed by atoms with Gasteiger partial charge in [-0.1, -0.05) is 6.92 Å². The van der Waals surface area contributed by atoms with Crippen molar-refractivity contribution in [2.45, 2.75) is 46.3 Å². The Morgan fingerprint density at radius 3 is 2.70 bits per heavy atom. The molecule has 1 fully saturated rings. The van der Waals surface area contributed by atoms with Crippen molar-refractivity contribution < 1.29 is 18.6 Å². The monoisotopic (exact) mass is 416 g/mol. The van der Waals surface area contributed by atoms with E-state index in [1.165, 1.54) is 12.1 Å². The van der Waals surface area contributed by atoms with E-state index in [0.717, 1.165) is 49.1 Å². The molecule has 0 saturated carbocycles. The molecule has 0 unspecified atom stereocenters. The van der Waals surface area contributed by atoms with Crippen molar-refractivity contribution in [3.63, 3.8) is 0 Å². The second-order valence-electron chi connectivity index (χ2n) is 7.89. The lowest BCUT2D eigenvalue weighted by molar-refractivity contribution is -0.0499. The largest absolute Gasteiger partial charge is 0.507 e. The maximum Gasteiger partial charge on any atom is 0.387 e. The fourth-order valence-electron chi connectivity index (χ4n) is 4.39. The number of aromatic nitrogens is 3. The van der Waals surface area contributed by atoms with Gasteiger partial charge >= 0.3 is 6.61 Å². The van der Waals surface area contributed by atoms with Gasteiger partial charge < -0.3 is 19.3 Å². The van der Waals surface area contributed by atoms with Gasteiger partial charge in [0.05, 0.1) is 5.69 Å². The number of alkyl halides is 2. The number of rotatable bonds is 5. The smallest absolute Gasteiger partial charge is 0.387 e. The molecule has 1 atom stereocenters. The average molecular weight is 416 g/mol. The highest BCUT2D eigenvalue weighted by molar-refractivity contribution is 5.85. The van der Waals surface area contributed by atoms with Gasteiger partial charge in [0.2, 0.25) is 0 Å². The molecule has 1 aromatic carbocycles. The third kappa shape index (κ3) is 3.84. The van der Waals surface area contributed by atoms with E-state index >= 15 is 0 Å². The lowest BCUT2D eigenvalue weighted by atomic mass is 10.0. The SMILES string of the molecule is CCN1CCC[C@@H](n2cc(C)c3cc(-c4c(C)cc(OC(F)F)cc4O)nnc32)C1. The number of phenols is 1. The van der Waals surface area contributed by atoms with Crippen LogP contribution in [0.25, 0.3) is 22.3 Å². The molecule has 8 heteroatoms. The number of phenolic OH excluding ortho intramolecular Hbond substituents is 1. The first-order valence-corrected chi connectivity index (χ1v) is 10.2. The quantitative estimate of drug-likeness (QED) is 0.654. The number of piperidine rings is 1. The van der Waals surface area contributed by atoms with Gasteiger partial charge in [0.1, 0.15) is 11.5 Å². The summed E-state index contributed by atoms with van der Waals surface area (Å²) in [5.41, 5.74) is 3.47. The van der Waals surface area contributed by atoms with Gasteiger partial charge in [0.15, 0.2) is 5.65 Å². The van der Waals surface area contributed by atoms with Crippen molar-refractivity contribution >= 4 is 11.0 Å². The minimum atomic E-state index is -2.95. The zero-order chi connectivity index (χ0) is 21.4. The third-order valence-electron chi connectivity index (χ3n) is 5.87. The van der Waals surface area contributed by atoms with E-state index in [-0.39, 0.29) is 11.5 Å². The number of halogens is 2. The third-order valence-corrected chi connectivity index (χ3v) is 5.87. The Morgan fingerprint density at radius 1 is 1.20 bits per heavy atom. The molecule has 160 valence electrons. The number of hydrogen-bond acceptors (Lipinski definition) is 5. The lowest BCUT2D eigenvalue weighted by Crippen LogP contribution is -2.36. The number of hydrogen-bond donors (Lipinski definition) is 1. The van der Waals surface area contributed by atoms with Gasteiger partial charge in [-0.15, -0.1) is 10.2 Å². The summed E-state index contributed by atoms with van der Waals surface area (Å²) in [4.78, 5) is 2.45. The summed E-state index contributed by atoms with van der Waals surface area (Å²) in [5, 5.41) is 20.3.